The number of hydrogen-bond donors (Lipinski definition) is 1. The van der Waals surface area contributed by atoms with Gasteiger partial charge < -0.3 is 8.92 Å². The van der Waals surface area contributed by atoms with E-state index in [9.17, 15) is 9.59 Å². The first-order valence-corrected chi connectivity index (χ1v) is 3.75. The van der Waals surface area contributed by atoms with Crippen LogP contribution in [0.2, 0.25) is 0 Å². The van der Waals surface area contributed by atoms with Gasteiger partial charge in [-0.15, -0.1) is 0 Å². The maximum Gasteiger partial charge on any atom is 0.341 e. The predicted molar refractivity (Wildman–Crippen MR) is 52.1 cm³/mol. The Morgan fingerprint density at radius 2 is 1.77 bits per heavy atom. The molecule has 4 nitrogen and oxygen atoms in total. The third kappa shape index (κ3) is 13.7. The van der Waals surface area contributed by atoms with Gasteiger partial charge in [0, 0.05) is 25.1 Å². The molecule has 0 unspecified atom stereocenters. The molecular weight excluding hydrogens is 192 g/mol. The van der Waals surface area contributed by atoms with E-state index in [1.54, 1.807) is 6.92 Å². The molecule has 74 valence electrons. The highest BCUT2D eigenvalue weighted by molar-refractivity contribution is 7.75. The average molecular weight is 204 g/mol. The topological polar surface area (TPSA) is 52.6 Å². The highest BCUT2D eigenvalue weighted by Gasteiger charge is 1.86. The summed E-state index contributed by atoms with van der Waals surface area (Å²) in [4.78, 5) is 19.8. The van der Waals surface area contributed by atoms with E-state index in [0.29, 0.717) is 6.61 Å². The summed E-state index contributed by atoms with van der Waals surface area (Å²) >= 11 is 3.17. The van der Waals surface area contributed by atoms with Gasteiger partial charge in [0.15, 0.2) is 0 Å². The first-order valence-electron chi connectivity index (χ1n) is 3.39. The van der Waals surface area contributed by atoms with Crippen LogP contribution in [-0.4, -0.2) is 18.5 Å². The molecule has 0 bridgehead atoms. The molecule has 0 amide bonds. The Hall–Kier alpha value is -1.23. The van der Waals surface area contributed by atoms with Crippen molar-refractivity contribution < 1.29 is 18.5 Å². The van der Waals surface area contributed by atoms with Crippen LogP contribution >= 0.6 is 12.9 Å². The zero-order valence-electron chi connectivity index (χ0n) is 7.36. The summed E-state index contributed by atoms with van der Waals surface area (Å²) in [6.07, 6.45) is 2.18. The van der Waals surface area contributed by atoms with Crippen molar-refractivity contribution in [2.45, 2.75) is 6.92 Å². The van der Waals surface area contributed by atoms with Crippen LogP contribution in [-0.2, 0) is 18.5 Å². The maximum atomic E-state index is 10.1. The van der Waals surface area contributed by atoms with E-state index in [1.165, 1.54) is 0 Å². The highest BCUT2D eigenvalue weighted by atomic mass is 32.1. The zero-order valence-corrected chi connectivity index (χ0v) is 8.25. The largest absolute Gasteiger partial charge is 0.463 e. The van der Waals surface area contributed by atoms with E-state index >= 15 is 0 Å². The summed E-state index contributed by atoms with van der Waals surface area (Å²) in [5.74, 6) is -0.888. The summed E-state index contributed by atoms with van der Waals surface area (Å²) in [5, 5.41) is 0. The number of carbonyl (C=O) groups excluding carboxylic acids is 2. The second-order valence-electron chi connectivity index (χ2n) is 1.57. The van der Waals surface area contributed by atoms with Crippen LogP contribution in [0.3, 0.4) is 0 Å². The molecule has 0 atom stereocenters. The van der Waals surface area contributed by atoms with Crippen molar-refractivity contribution >= 4 is 24.8 Å². The number of hydrogen-bond acceptors (Lipinski definition) is 5. The van der Waals surface area contributed by atoms with E-state index < -0.39 is 5.97 Å². The fraction of sp³-hybridized carbons (Fsp3) is 0.250. The lowest BCUT2D eigenvalue weighted by molar-refractivity contribution is -0.137. The van der Waals surface area contributed by atoms with Crippen LogP contribution < -0.4 is 0 Å². The van der Waals surface area contributed by atoms with E-state index in [-0.39, 0.29) is 5.97 Å². The third-order valence-corrected chi connectivity index (χ3v) is 0.890. The van der Waals surface area contributed by atoms with Gasteiger partial charge >= 0.3 is 11.9 Å². The number of carbonyl (C=O) groups is 2. The van der Waals surface area contributed by atoms with Crippen molar-refractivity contribution in [1.82, 2.24) is 0 Å². The molecule has 0 spiro atoms. The molecule has 0 aromatic heterocycles. The summed E-state index contributed by atoms with van der Waals surface area (Å²) in [5.41, 5.74) is 0. The second-order valence-corrected chi connectivity index (χ2v) is 1.75. The summed E-state index contributed by atoms with van der Waals surface area (Å²) < 4.78 is 8.27. The Morgan fingerprint density at radius 3 is 1.85 bits per heavy atom. The molecule has 0 aliphatic rings. The smallest absolute Gasteiger partial charge is 0.341 e. The van der Waals surface area contributed by atoms with Gasteiger partial charge in [-0.05, 0) is 6.92 Å². The molecule has 0 saturated heterocycles. The molecule has 0 rings (SSSR count). The molecule has 0 aromatic rings. The van der Waals surface area contributed by atoms with Crippen molar-refractivity contribution in [3.8, 4) is 0 Å². The molecule has 0 aromatic carbocycles. The molecule has 13 heavy (non-hydrogen) atoms. The van der Waals surface area contributed by atoms with Gasteiger partial charge in [0.25, 0.3) is 0 Å². The molecule has 0 aliphatic heterocycles. The SMILES string of the molecule is C=CC(=O)OCC.C=CC(=O)OS. The van der Waals surface area contributed by atoms with Gasteiger partial charge in [-0.3, -0.25) is 0 Å². The van der Waals surface area contributed by atoms with Gasteiger partial charge in [-0.25, -0.2) is 9.59 Å². The second kappa shape index (κ2) is 10.8. The van der Waals surface area contributed by atoms with Gasteiger partial charge in [0.05, 0.1) is 6.61 Å². The fourth-order valence-electron chi connectivity index (χ4n) is 0.238. The number of rotatable bonds is 3. The van der Waals surface area contributed by atoms with E-state index in [2.05, 4.69) is 35.0 Å². The third-order valence-electron chi connectivity index (χ3n) is 0.710. The zero-order chi connectivity index (χ0) is 10.7. The van der Waals surface area contributed by atoms with Crippen molar-refractivity contribution in [3.63, 3.8) is 0 Å². The standard InChI is InChI=1S/C5H8O2.C3H4O2S/c1-3-5(6)7-4-2;1-2-3(4)5-6/h3H,1,4H2,2H3;2,6H,1H2. The summed E-state index contributed by atoms with van der Waals surface area (Å²) in [6.45, 7) is 8.49. The molecule has 0 radical (unpaired) electrons. The lowest BCUT2D eigenvalue weighted by Gasteiger charge is -1.90. The van der Waals surface area contributed by atoms with Gasteiger partial charge in [-0.2, -0.15) is 0 Å². The number of ether oxygens (including phenoxy) is 1. The average Bonchev–Trinajstić information content (AvgIpc) is 2.18. The lowest BCUT2D eigenvalue weighted by Crippen LogP contribution is -1.97. The molecule has 0 fully saturated rings. The molecular formula is C8H12O4S. The van der Waals surface area contributed by atoms with E-state index in [0.717, 1.165) is 12.2 Å². The summed E-state index contributed by atoms with van der Waals surface area (Å²) in [6, 6.07) is 0. The quantitative estimate of drug-likeness (QED) is 0.326. The Labute approximate surface area is 82.8 Å². The first-order chi connectivity index (χ1) is 6.12. The Kier molecular flexibility index (Phi) is 11.8. The summed E-state index contributed by atoms with van der Waals surface area (Å²) in [7, 11) is 0. The van der Waals surface area contributed by atoms with Crippen LogP contribution in [0, 0.1) is 0 Å². The lowest BCUT2D eigenvalue weighted by atomic mass is 10.6. The van der Waals surface area contributed by atoms with Crippen molar-refractivity contribution in [3.05, 3.63) is 25.3 Å². The minimum atomic E-state index is -0.529. The van der Waals surface area contributed by atoms with Gasteiger partial charge in [-0.1, -0.05) is 13.2 Å². The van der Waals surface area contributed by atoms with Crippen molar-refractivity contribution in [1.29, 1.82) is 0 Å². The van der Waals surface area contributed by atoms with Crippen LogP contribution in [0.15, 0.2) is 25.3 Å². The minimum absolute atomic E-state index is 0.359. The Morgan fingerprint density at radius 1 is 1.31 bits per heavy atom. The number of esters is 1. The normalized spacial score (nSPS) is 7.23. The minimum Gasteiger partial charge on any atom is -0.463 e. The fourth-order valence-corrected chi connectivity index (χ4v) is 0.313. The molecule has 0 saturated carbocycles. The molecule has 5 heteroatoms. The molecule has 0 N–H and O–H groups in total. The van der Waals surface area contributed by atoms with Gasteiger partial charge in [0.1, 0.15) is 0 Å². The highest BCUT2D eigenvalue weighted by Crippen LogP contribution is 1.78. The monoisotopic (exact) mass is 204 g/mol. The number of thiol groups is 1. The molecule has 0 heterocycles. The van der Waals surface area contributed by atoms with Crippen LogP contribution in [0.5, 0.6) is 0 Å². The first kappa shape index (κ1) is 14.3. The van der Waals surface area contributed by atoms with E-state index in [4.69, 9.17) is 0 Å². The Bertz CT molecular complexity index is 189. The Balaban J connectivity index is 0. The predicted octanol–water partition coefficient (Wildman–Crippen LogP) is 1.30. The van der Waals surface area contributed by atoms with Crippen molar-refractivity contribution in [2.75, 3.05) is 6.61 Å². The maximum absolute atomic E-state index is 10.1. The van der Waals surface area contributed by atoms with Gasteiger partial charge in [0.2, 0.25) is 0 Å². The van der Waals surface area contributed by atoms with Crippen LogP contribution in [0.4, 0.5) is 0 Å². The van der Waals surface area contributed by atoms with Crippen molar-refractivity contribution in [2.24, 2.45) is 0 Å². The van der Waals surface area contributed by atoms with Crippen LogP contribution in [0.25, 0.3) is 0 Å². The molecule has 0 aliphatic carbocycles. The van der Waals surface area contributed by atoms with E-state index in [1.807, 2.05) is 0 Å². The van der Waals surface area contributed by atoms with Crippen LogP contribution in [0.1, 0.15) is 6.92 Å².